The van der Waals surface area contributed by atoms with Gasteiger partial charge in [-0.25, -0.2) is 0 Å². The Morgan fingerprint density at radius 2 is 2.12 bits per heavy atom. The van der Waals surface area contributed by atoms with Gasteiger partial charge in [0.05, 0.1) is 11.0 Å². The molecule has 16 heavy (non-hydrogen) atoms. The van der Waals surface area contributed by atoms with Gasteiger partial charge >= 0.3 is 0 Å². The lowest BCUT2D eigenvalue weighted by molar-refractivity contribution is 0.0164. The molecule has 0 N–H and O–H groups in total. The average Bonchev–Trinajstić information content (AvgIpc) is 2.66. The molecular formula is C12H13Cl3O. The van der Waals surface area contributed by atoms with E-state index in [-0.39, 0.29) is 11.0 Å². The van der Waals surface area contributed by atoms with Gasteiger partial charge in [-0.15, -0.1) is 11.6 Å². The first-order valence-electron chi connectivity index (χ1n) is 5.26. The molecule has 0 amide bonds. The van der Waals surface area contributed by atoms with Gasteiger partial charge in [0.1, 0.15) is 0 Å². The second-order valence-corrected chi connectivity index (χ2v) is 5.57. The first-order valence-corrected chi connectivity index (χ1v) is 6.45. The zero-order valence-corrected chi connectivity index (χ0v) is 11.2. The molecule has 1 nitrogen and oxygen atoms in total. The van der Waals surface area contributed by atoms with E-state index in [4.69, 9.17) is 39.5 Å². The van der Waals surface area contributed by atoms with Crippen LogP contribution in [-0.4, -0.2) is 12.2 Å². The second-order valence-electron chi connectivity index (χ2n) is 4.29. The van der Waals surface area contributed by atoms with E-state index in [9.17, 15) is 0 Å². The number of benzene rings is 1. The predicted molar refractivity (Wildman–Crippen MR) is 68.6 cm³/mol. The van der Waals surface area contributed by atoms with Crippen LogP contribution in [0.15, 0.2) is 18.2 Å². The molecule has 0 bridgehead atoms. The Hall–Kier alpha value is 0.0500. The lowest BCUT2D eigenvalue weighted by Crippen LogP contribution is -2.28. The molecule has 0 aliphatic carbocycles. The van der Waals surface area contributed by atoms with Crippen LogP contribution < -0.4 is 0 Å². The minimum atomic E-state index is -0.320. The molecule has 1 aliphatic rings. The second kappa shape index (κ2) is 4.73. The van der Waals surface area contributed by atoms with E-state index in [1.807, 2.05) is 13.0 Å². The molecule has 0 saturated carbocycles. The Morgan fingerprint density at radius 1 is 1.38 bits per heavy atom. The molecular weight excluding hydrogens is 266 g/mol. The molecule has 2 unspecified atom stereocenters. The Bertz CT molecular complexity index is 386. The van der Waals surface area contributed by atoms with Crippen LogP contribution in [0.2, 0.25) is 10.0 Å². The van der Waals surface area contributed by atoms with Crippen LogP contribution in [0, 0.1) is 0 Å². The van der Waals surface area contributed by atoms with E-state index in [1.165, 1.54) is 0 Å². The van der Waals surface area contributed by atoms with E-state index in [0.29, 0.717) is 10.0 Å². The number of halogens is 3. The maximum Gasteiger partial charge on any atom is 0.0887 e. The summed E-state index contributed by atoms with van der Waals surface area (Å²) >= 11 is 18.5. The number of hydrogen-bond acceptors (Lipinski definition) is 1. The third kappa shape index (κ3) is 2.33. The van der Waals surface area contributed by atoms with Crippen molar-refractivity contribution in [3.05, 3.63) is 33.8 Å². The fourth-order valence-electron chi connectivity index (χ4n) is 2.04. The number of hydrogen-bond donors (Lipinski definition) is 0. The fourth-order valence-corrected chi connectivity index (χ4v) is 2.97. The predicted octanol–water partition coefficient (Wildman–Crippen LogP) is 4.84. The van der Waals surface area contributed by atoms with Crippen molar-refractivity contribution in [1.82, 2.24) is 0 Å². The largest absolute Gasteiger partial charge is 0.373 e. The van der Waals surface area contributed by atoms with Crippen molar-refractivity contribution in [2.24, 2.45) is 0 Å². The van der Waals surface area contributed by atoms with Crippen LogP contribution >= 0.6 is 34.8 Å². The Balaban J connectivity index is 2.29. The monoisotopic (exact) mass is 278 g/mol. The maximum atomic E-state index is 6.46. The highest BCUT2D eigenvalue weighted by Crippen LogP contribution is 2.44. The molecule has 0 aromatic heterocycles. The molecule has 1 fully saturated rings. The van der Waals surface area contributed by atoms with Crippen molar-refractivity contribution in [3.8, 4) is 0 Å². The van der Waals surface area contributed by atoms with E-state index in [2.05, 4.69) is 0 Å². The van der Waals surface area contributed by atoms with Crippen molar-refractivity contribution >= 4 is 34.8 Å². The number of ether oxygens (including phenoxy) is 1. The lowest BCUT2D eigenvalue weighted by Gasteiger charge is -2.29. The summed E-state index contributed by atoms with van der Waals surface area (Å²) in [6, 6.07) is 5.39. The highest BCUT2D eigenvalue weighted by Gasteiger charge is 2.39. The van der Waals surface area contributed by atoms with Gasteiger partial charge in [-0.3, -0.25) is 0 Å². The Morgan fingerprint density at radius 3 is 2.69 bits per heavy atom. The van der Waals surface area contributed by atoms with Crippen molar-refractivity contribution in [2.75, 3.05) is 6.61 Å². The summed E-state index contributed by atoms with van der Waals surface area (Å²) in [4.78, 5) is 0. The minimum Gasteiger partial charge on any atom is -0.373 e. The standard InChI is InChI=1S/C12H13Cl3O/c1-12(5-2-6-16-12)11(15)9-4-3-8(13)7-10(9)14/h3-4,7,11H,2,5-6H2,1H3. The third-order valence-electron chi connectivity index (χ3n) is 3.02. The zero-order chi connectivity index (χ0) is 11.8. The molecule has 0 radical (unpaired) electrons. The van der Waals surface area contributed by atoms with Crippen LogP contribution in [0.4, 0.5) is 0 Å². The van der Waals surface area contributed by atoms with Gasteiger partial charge in [-0.2, -0.15) is 0 Å². The van der Waals surface area contributed by atoms with E-state index in [1.54, 1.807) is 12.1 Å². The van der Waals surface area contributed by atoms with E-state index in [0.717, 1.165) is 25.0 Å². The highest BCUT2D eigenvalue weighted by molar-refractivity contribution is 6.36. The molecule has 1 aromatic rings. The van der Waals surface area contributed by atoms with Gasteiger partial charge in [0, 0.05) is 16.7 Å². The van der Waals surface area contributed by atoms with Gasteiger partial charge in [-0.1, -0.05) is 29.3 Å². The van der Waals surface area contributed by atoms with E-state index >= 15 is 0 Å². The summed E-state index contributed by atoms with van der Waals surface area (Å²) in [5.41, 5.74) is 0.566. The van der Waals surface area contributed by atoms with Gasteiger partial charge in [0.2, 0.25) is 0 Å². The molecule has 2 rings (SSSR count). The quantitative estimate of drug-likeness (QED) is 0.704. The first kappa shape index (κ1) is 12.5. The normalized spacial score (nSPS) is 27.0. The van der Waals surface area contributed by atoms with Gasteiger partial charge in [0.15, 0.2) is 0 Å². The van der Waals surface area contributed by atoms with Crippen LogP contribution in [0.3, 0.4) is 0 Å². The summed E-state index contributed by atoms with van der Waals surface area (Å²) < 4.78 is 5.72. The van der Waals surface area contributed by atoms with E-state index < -0.39 is 0 Å². The van der Waals surface area contributed by atoms with Crippen LogP contribution in [-0.2, 0) is 4.74 Å². The van der Waals surface area contributed by atoms with Crippen molar-refractivity contribution in [3.63, 3.8) is 0 Å². The molecule has 1 heterocycles. The molecule has 4 heteroatoms. The minimum absolute atomic E-state index is 0.236. The SMILES string of the molecule is CC1(C(Cl)c2ccc(Cl)cc2Cl)CCCO1. The summed E-state index contributed by atoms with van der Waals surface area (Å²) in [5.74, 6) is 0. The molecule has 1 saturated heterocycles. The van der Waals surface area contributed by atoms with Crippen molar-refractivity contribution in [1.29, 1.82) is 0 Å². The van der Waals surface area contributed by atoms with Crippen LogP contribution in [0.1, 0.15) is 30.7 Å². The number of alkyl halides is 1. The molecule has 1 aliphatic heterocycles. The average molecular weight is 280 g/mol. The van der Waals surface area contributed by atoms with Crippen molar-refractivity contribution in [2.45, 2.75) is 30.7 Å². The Kier molecular flexibility index (Phi) is 3.70. The van der Waals surface area contributed by atoms with Gasteiger partial charge < -0.3 is 4.74 Å². The number of rotatable bonds is 2. The highest BCUT2D eigenvalue weighted by atomic mass is 35.5. The zero-order valence-electron chi connectivity index (χ0n) is 8.97. The summed E-state index contributed by atoms with van der Waals surface area (Å²) in [5, 5.41) is 0.985. The smallest absolute Gasteiger partial charge is 0.0887 e. The lowest BCUT2D eigenvalue weighted by atomic mass is 9.93. The summed E-state index contributed by atoms with van der Waals surface area (Å²) in [6.45, 7) is 2.80. The summed E-state index contributed by atoms with van der Waals surface area (Å²) in [7, 11) is 0. The molecule has 0 spiro atoms. The molecule has 2 atom stereocenters. The van der Waals surface area contributed by atoms with Gasteiger partial charge in [-0.05, 0) is 37.5 Å². The van der Waals surface area contributed by atoms with Crippen molar-refractivity contribution < 1.29 is 4.74 Å². The molecule has 1 aromatic carbocycles. The topological polar surface area (TPSA) is 9.23 Å². The third-order valence-corrected chi connectivity index (χ3v) is 4.28. The maximum absolute atomic E-state index is 6.46. The van der Waals surface area contributed by atoms with Gasteiger partial charge in [0.25, 0.3) is 0 Å². The first-order chi connectivity index (χ1) is 7.53. The van der Waals surface area contributed by atoms with Crippen LogP contribution in [0.5, 0.6) is 0 Å². The van der Waals surface area contributed by atoms with Crippen LogP contribution in [0.25, 0.3) is 0 Å². The Labute approximate surface area is 111 Å². The molecule has 88 valence electrons. The summed E-state index contributed by atoms with van der Waals surface area (Å²) in [6.07, 6.45) is 2.01. The fraction of sp³-hybridized carbons (Fsp3) is 0.500.